The van der Waals surface area contributed by atoms with Gasteiger partial charge >= 0.3 is 6.01 Å². The lowest BCUT2D eigenvalue weighted by Gasteiger charge is -2.34. The van der Waals surface area contributed by atoms with Crippen LogP contribution in [0.4, 0.5) is 10.2 Å². The third-order valence-corrected chi connectivity index (χ3v) is 6.70. The number of aromatic hydroxyl groups is 1. The van der Waals surface area contributed by atoms with E-state index in [1.165, 1.54) is 37.6 Å². The number of aromatic nitrogens is 4. The SMILES string of the molecule is C#Cc1c(F)ccc2cc(O)cc(-n3ncc4c(N5CC6CCC(C5)N6)nc(OC)nc4c3=O)c12. The maximum atomic E-state index is 14.5. The highest BCUT2D eigenvalue weighted by Gasteiger charge is 2.34. The third kappa shape index (κ3) is 3.35. The number of halogens is 1. The summed E-state index contributed by atoms with van der Waals surface area (Å²) in [6.45, 7) is 1.49. The molecule has 0 radical (unpaired) electrons. The van der Waals surface area contributed by atoms with Gasteiger partial charge in [0, 0.05) is 36.6 Å². The average Bonchev–Trinajstić information content (AvgIpc) is 3.20. The lowest BCUT2D eigenvalue weighted by atomic mass is 10.0. The molecule has 0 saturated carbocycles. The molecule has 4 aromatic rings. The number of rotatable bonds is 3. The third-order valence-electron chi connectivity index (χ3n) is 6.70. The maximum Gasteiger partial charge on any atom is 0.318 e. The summed E-state index contributed by atoms with van der Waals surface area (Å²) in [5.74, 6) is 2.20. The molecule has 2 unspecified atom stereocenters. The minimum atomic E-state index is -0.611. The molecule has 35 heavy (non-hydrogen) atoms. The predicted octanol–water partition coefficient (Wildman–Crippen LogP) is 2.10. The van der Waals surface area contributed by atoms with Gasteiger partial charge in [-0.15, -0.1) is 6.42 Å². The summed E-state index contributed by atoms with van der Waals surface area (Å²) >= 11 is 0. The Bertz CT molecular complexity index is 1600. The molecule has 2 atom stereocenters. The number of anilines is 1. The highest BCUT2D eigenvalue weighted by Crippen LogP contribution is 2.32. The summed E-state index contributed by atoms with van der Waals surface area (Å²) in [6, 6.07) is 6.26. The first-order valence-electron chi connectivity index (χ1n) is 11.2. The van der Waals surface area contributed by atoms with Crippen molar-refractivity contribution in [3.05, 3.63) is 52.2 Å². The normalized spacial score (nSPS) is 19.3. The van der Waals surface area contributed by atoms with Gasteiger partial charge in [0.15, 0.2) is 0 Å². The van der Waals surface area contributed by atoms with Crippen molar-refractivity contribution in [1.29, 1.82) is 0 Å². The van der Waals surface area contributed by atoms with E-state index >= 15 is 0 Å². The van der Waals surface area contributed by atoms with Gasteiger partial charge in [-0.1, -0.05) is 12.0 Å². The number of nitrogens with zero attached hydrogens (tertiary/aromatic N) is 5. The molecule has 2 fully saturated rings. The molecule has 0 amide bonds. The molecule has 0 spiro atoms. The average molecular weight is 472 g/mol. The predicted molar refractivity (Wildman–Crippen MR) is 129 cm³/mol. The monoisotopic (exact) mass is 472 g/mol. The van der Waals surface area contributed by atoms with Crippen molar-refractivity contribution >= 4 is 27.5 Å². The van der Waals surface area contributed by atoms with Gasteiger partial charge in [0.2, 0.25) is 0 Å². The van der Waals surface area contributed by atoms with Crippen LogP contribution in [0.3, 0.4) is 0 Å². The second-order valence-electron chi connectivity index (χ2n) is 8.83. The summed E-state index contributed by atoms with van der Waals surface area (Å²) in [4.78, 5) is 24.7. The lowest BCUT2D eigenvalue weighted by Crippen LogP contribution is -2.51. The van der Waals surface area contributed by atoms with Crippen molar-refractivity contribution in [3.8, 4) is 29.8 Å². The van der Waals surface area contributed by atoms with E-state index in [0.717, 1.165) is 30.6 Å². The summed E-state index contributed by atoms with van der Waals surface area (Å²) in [6.07, 6.45) is 9.28. The van der Waals surface area contributed by atoms with Gasteiger partial charge in [0.25, 0.3) is 5.56 Å². The van der Waals surface area contributed by atoms with Crippen molar-refractivity contribution in [2.75, 3.05) is 25.1 Å². The van der Waals surface area contributed by atoms with Gasteiger partial charge in [-0.25, -0.2) is 4.39 Å². The molecule has 4 heterocycles. The number of phenolic OH excluding ortho intramolecular Hbond substituents is 1. The van der Waals surface area contributed by atoms with Crippen molar-refractivity contribution in [2.24, 2.45) is 0 Å². The molecule has 6 rings (SSSR count). The van der Waals surface area contributed by atoms with Gasteiger partial charge in [-0.05, 0) is 30.4 Å². The number of hydrogen-bond acceptors (Lipinski definition) is 8. The van der Waals surface area contributed by atoms with Gasteiger partial charge in [-0.3, -0.25) is 4.79 Å². The van der Waals surface area contributed by atoms with Crippen LogP contribution < -0.4 is 20.5 Å². The number of terminal acetylenes is 1. The Morgan fingerprint density at radius 1 is 1.23 bits per heavy atom. The number of ether oxygens (including phenoxy) is 1. The minimum Gasteiger partial charge on any atom is -0.508 e. The number of fused-ring (bicyclic) bond motifs is 4. The van der Waals surface area contributed by atoms with E-state index in [-0.39, 0.29) is 28.5 Å². The van der Waals surface area contributed by atoms with Crippen LogP contribution in [0.1, 0.15) is 18.4 Å². The molecule has 0 aliphatic carbocycles. The summed E-state index contributed by atoms with van der Waals surface area (Å²) in [5, 5.41) is 19.5. The number of piperazine rings is 1. The molecule has 2 aliphatic rings. The number of methoxy groups -OCH3 is 1. The molecule has 2 aliphatic heterocycles. The molecule has 176 valence electrons. The van der Waals surface area contributed by atoms with Crippen LogP contribution in [0, 0.1) is 18.2 Å². The van der Waals surface area contributed by atoms with Crippen LogP contribution in [0.2, 0.25) is 0 Å². The fourth-order valence-electron chi connectivity index (χ4n) is 5.17. The fraction of sp³-hybridized carbons (Fsp3) is 0.280. The second-order valence-corrected chi connectivity index (χ2v) is 8.83. The Labute approximate surface area is 199 Å². The Kier molecular flexibility index (Phi) is 4.82. The first kappa shape index (κ1) is 21.3. The molecule has 2 saturated heterocycles. The molecule has 10 heteroatoms. The van der Waals surface area contributed by atoms with E-state index < -0.39 is 11.4 Å². The molecule has 2 aromatic heterocycles. The van der Waals surface area contributed by atoms with Gasteiger partial charge in [0.05, 0.1) is 29.9 Å². The standard InChI is InChI=1S/C25H21FN6O3/c1-3-17-19(26)7-4-13-8-16(33)9-20(21(13)17)32-24(34)22-18(10-27-32)23(30-25(29-22)35-2)31-11-14-5-6-15(12-31)28-14/h1,4,7-10,14-15,28,33H,5-6,11-12H2,2H3. The molecule has 2 N–H and O–H groups in total. The Morgan fingerprint density at radius 2 is 2.00 bits per heavy atom. The Balaban J connectivity index is 1.60. The first-order chi connectivity index (χ1) is 17.0. The fourth-order valence-corrected chi connectivity index (χ4v) is 5.17. The zero-order chi connectivity index (χ0) is 24.3. The van der Waals surface area contributed by atoms with Crippen LogP contribution in [0.5, 0.6) is 11.8 Å². The minimum absolute atomic E-state index is 0.0245. The quantitative estimate of drug-likeness (QED) is 0.437. The van der Waals surface area contributed by atoms with Crippen LogP contribution >= 0.6 is 0 Å². The topological polar surface area (TPSA) is 105 Å². The number of phenols is 1. The van der Waals surface area contributed by atoms with Gasteiger partial charge in [0.1, 0.15) is 22.9 Å². The zero-order valence-corrected chi connectivity index (χ0v) is 18.8. The first-order valence-corrected chi connectivity index (χ1v) is 11.2. The zero-order valence-electron chi connectivity index (χ0n) is 18.8. The highest BCUT2D eigenvalue weighted by molar-refractivity contribution is 5.97. The molecular formula is C25H21FN6O3. The molecule has 9 nitrogen and oxygen atoms in total. The van der Waals surface area contributed by atoms with Crippen LogP contribution in [0.15, 0.2) is 35.3 Å². The largest absolute Gasteiger partial charge is 0.508 e. The van der Waals surface area contributed by atoms with E-state index in [0.29, 0.717) is 34.1 Å². The van der Waals surface area contributed by atoms with Gasteiger partial charge < -0.3 is 20.1 Å². The van der Waals surface area contributed by atoms with E-state index in [1.807, 2.05) is 0 Å². The molecule has 2 aromatic carbocycles. The number of hydrogen-bond donors (Lipinski definition) is 2. The Hall–Kier alpha value is -4.23. The van der Waals surface area contributed by atoms with Crippen molar-refractivity contribution in [1.82, 2.24) is 25.1 Å². The van der Waals surface area contributed by atoms with Crippen molar-refractivity contribution in [2.45, 2.75) is 24.9 Å². The lowest BCUT2D eigenvalue weighted by molar-refractivity contribution is 0.380. The van der Waals surface area contributed by atoms with Gasteiger partial charge in [-0.2, -0.15) is 19.7 Å². The number of benzene rings is 2. The smallest absolute Gasteiger partial charge is 0.318 e. The van der Waals surface area contributed by atoms with E-state index in [2.05, 4.69) is 31.2 Å². The number of nitrogens with one attached hydrogen (secondary N) is 1. The van der Waals surface area contributed by atoms with Crippen LogP contribution in [0.25, 0.3) is 27.4 Å². The van der Waals surface area contributed by atoms with Crippen LogP contribution in [-0.2, 0) is 0 Å². The Morgan fingerprint density at radius 3 is 2.71 bits per heavy atom. The highest BCUT2D eigenvalue weighted by atomic mass is 19.1. The summed E-state index contributed by atoms with van der Waals surface area (Å²) in [5.41, 5.74) is -0.341. The van der Waals surface area contributed by atoms with E-state index in [9.17, 15) is 14.3 Å². The van der Waals surface area contributed by atoms with E-state index in [4.69, 9.17) is 11.2 Å². The summed E-state index contributed by atoms with van der Waals surface area (Å²) in [7, 11) is 1.44. The molecule has 2 bridgehead atoms. The van der Waals surface area contributed by atoms with Crippen molar-refractivity contribution < 1.29 is 14.2 Å². The molecular weight excluding hydrogens is 451 g/mol. The van der Waals surface area contributed by atoms with Crippen LogP contribution in [-0.4, -0.2) is 57.1 Å². The van der Waals surface area contributed by atoms with Crippen molar-refractivity contribution in [3.63, 3.8) is 0 Å². The summed E-state index contributed by atoms with van der Waals surface area (Å²) < 4.78 is 20.9. The maximum absolute atomic E-state index is 14.5. The van der Waals surface area contributed by atoms with E-state index in [1.54, 1.807) is 0 Å². The second kappa shape index (κ2) is 7.92.